The van der Waals surface area contributed by atoms with E-state index in [0.717, 1.165) is 44.6 Å². The molecule has 7 nitrogen and oxygen atoms in total. The number of amides is 1. The molecule has 0 saturated carbocycles. The van der Waals surface area contributed by atoms with Crippen LogP contribution in [0.3, 0.4) is 0 Å². The molecule has 2 aliphatic rings. The van der Waals surface area contributed by atoms with Crippen molar-refractivity contribution >= 4 is 11.7 Å². The highest BCUT2D eigenvalue weighted by Crippen LogP contribution is 2.18. The number of aryl methyl sites for hydroxylation is 1. The van der Waals surface area contributed by atoms with Gasteiger partial charge >= 0.3 is 0 Å². The number of pyridine rings is 1. The van der Waals surface area contributed by atoms with Crippen molar-refractivity contribution in [2.24, 2.45) is 0 Å². The molecule has 0 bridgehead atoms. The van der Waals surface area contributed by atoms with Crippen LogP contribution >= 0.6 is 0 Å². The summed E-state index contributed by atoms with van der Waals surface area (Å²) in [6.45, 7) is 6.33. The number of nitrogens with zero attached hydrogens (tertiary/aromatic N) is 2. The Balaban J connectivity index is 1.28. The Labute approximate surface area is 177 Å². The molecule has 4 rings (SSSR count). The zero-order chi connectivity index (χ0) is 20.9. The summed E-state index contributed by atoms with van der Waals surface area (Å²) in [4.78, 5) is 19.4. The fraction of sp³-hybridized carbons (Fsp3) is 0.478. The molecule has 1 aromatic heterocycles. The number of aliphatic hydroxyl groups excluding tert-OH is 1. The third-order valence-corrected chi connectivity index (χ3v) is 5.94. The van der Waals surface area contributed by atoms with E-state index in [-0.39, 0.29) is 12.5 Å². The van der Waals surface area contributed by atoms with E-state index >= 15 is 0 Å². The smallest absolute Gasteiger partial charge is 0.251 e. The van der Waals surface area contributed by atoms with Crippen molar-refractivity contribution in [1.82, 2.24) is 20.5 Å². The summed E-state index contributed by atoms with van der Waals surface area (Å²) < 4.78 is 0. The van der Waals surface area contributed by atoms with E-state index < -0.39 is 6.10 Å². The highest BCUT2D eigenvalue weighted by atomic mass is 16.3. The minimum atomic E-state index is -0.608. The minimum Gasteiger partial charge on any atom is -0.390 e. The van der Waals surface area contributed by atoms with Gasteiger partial charge in [-0.3, -0.25) is 9.69 Å². The lowest BCUT2D eigenvalue weighted by Crippen LogP contribution is -2.42. The van der Waals surface area contributed by atoms with Gasteiger partial charge in [0.15, 0.2) is 0 Å². The average molecular weight is 410 g/mol. The molecule has 160 valence electrons. The summed E-state index contributed by atoms with van der Waals surface area (Å²) in [5.41, 5.74) is 4.13. The largest absolute Gasteiger partial charge is 0.390 e. The molecular weight excluding hydrogens is 378 g/mol. The van der Waals surface area contributed by atoms with Gasteiger partial charge in [-0.1, -0.05) is 24.3 Å². The number of anilines is 1. The van der Waals surface area contributed by atoms with Gasteiger partial charge in [0.1, 0.15) is 5.82 Å². The Morgan fingerprint density at radius 1 is 1.37 bits per heavy atom. The standard InChI is InChI=1S/C23H31N5O2/c1-16-11-25-22(27-19-6-8-24-12-19)10-21(16)23(30)26-13-20(29)15-28-9-7-17-4-2-3-5-18(17)14-28/h2-5,10-11,19-20,24,29H,6-9,12-15H2,1H3,(H,25,27)(H,26,30)/t19?,20-/m0/s1. The summed E-state index contributed by atoms with van der Waals surface area (Å²) in [7, 11) is 0. The first-order chi connectivity index (χ1) is 14.6. The number of rotatable bonds is 7. The van der Waals surface area contributed by atoms with Crippen LogP contribution in [0.4, 0.5) is 5.82 Å². The summed E-state index contributed by atoms with van der Waals surface area (Å²) in [5.74, 6) is 0.539. The SMILES string of the molecule is Cc1cnc(NC2CCNC2)cc1C(=O)NC[C@H](O)CN1CCc2ccccc2C1. The van der Waals surface area contributed by atoms with Gasteiger partial charge in [-0.05, 0) is 49.1 Å². The molecule has 0 radical (unpaired) electrons. The van der Waals surface area contributed by atoms with E-state index in [1.807, 2.05) is 6.92 Å². The van der Waals surface area contributed by atoms with Gasteiger partial charge in [0.25, 0.3) is 5.91 Å². The third-order valence-electron chi connectivity index (χ3n) is 5.94. The molecule has 2 aliphatic heterocycles. The summed E-state index contributed by atoms with van der Waals surface area (Å²) in [5, 5.41) is 20.0. The van der Waals surface area contributed by atoms with Crippen LogP contribution < -0.4 is 16.0 Å². The molecule has 1 fully saturated rings. The molecule has 0 aliphatic carbocycles. The molecular formula is C23H31N5O2. The second kappa shape index (κ2) is 9.55. The maximum atomic E-state index is 12.7. The Hall–Kier alpha value is -2.48. The Morgan fingerprint density at radius 2 is 2.20 bits per heavy atom. The number of nitrogens with one attached hydrogen (secondary N) is 3. The molecule has 0 spiro atoms. The average Bonchev–Trinajstić information content (AvgIpc) is 3.26. The second-order valence-corrected chi connectivity index (χ2v) is 8.34. The van der Waals surface area contributed by atoms with Gasteiger partial charge in [0, 0.05) is 50.5 Å². The molecule has 1 aromatic carbocycles. The maximum absolute atomic E-state index is 12.7. The predicted octanol–water partition coefficient (Wildman–Crippen LogP) is 1.31. The maximum Gasteiger partial charge on any atom is 0.251 e. The number of fused-ring (bicyclic) bond motifs is 1. The van der Waals surface area contributed by atoms with Gasteiger partial charge in [-0.15, -0.1) is 0 Å². The number of carbonyl (C=O) groups is 1. The topological polar surface area (TPSA) is 89.5 Å². The Kier molecular flexibility index (Phi) is 6.62. The van der Waals surface area contributed by atoms with E-state index in [1.165, 1.54) is 11.1 Å². The predicted molar refractivity (Wildman–Crippen MR) is 118 cm³/mol. The molecule has 7 heteroatoms. The van der Waals surface area contributed by atoms with E-state index in [1.54, 1.807) is 12.3 Å². The van der Waals surface area contributed by atoms with Crippen molar-refractivity contribution < 1.29 is 9.90 Å². The first kappa shape index (κ1) is 20.8. The van der Waals surface area contributed by atoms with E-state index in [0.29, 0.717) is 24.0 Å². The van der Waals surface area contributed by atoms with Crippen molar-refractivity contribution in [2.45, 2.75) is 38.5 Å². The van der Waals surface area contributed by atoms with Crippen LogP contribution in [0.25, 0.3) is 0 Å². The molecule has 4 N–H and O–H groups in total. The molecule has 1 unspecified atom stereocenters. The number of β-amino-alcohol motifs (C(OH)–C–C–N with tert-alkyl or cyclic N) is 1. The summed E-state index contributed by atoms with van der Waals surface area (Å²) in [6, 6.07) is 10.6. The van der Waals surface area contributed by atoms with E-state index in [2.05, 4.69) is 50.1 Å². The fourth-order valence-corrected chi connectivity index (χ4v) is 4.21. The van der Waals surface area contributed by atoms with Crippen LogP contribution in [0, 0.1) is 6.92 Å². The van der Waals surface area contributed by atoms with Gasteiger partial charge in [0.2, 0.25) is 0 Å². The van der Waals surface area contributed by atoms with Crippen molar-refractivity contribution in [3.8, 4) is 0 Å². The lowest BCUT2D eigenvalue weighted by atomic mass is 10.00. The first-order valence-corrected chi connectivity index (χ1v) is 10.8. The zero-order valence-electron chi connectivity index (χ0n) is 17.5. The zero-order valence-corrected chi connectivity index (χ0v) is 17.5. The monoisotopic (exact) mass is 409 g/mol. The number of hydrogen-bond acceptors (Lipinski definition) is 6. The van der Waals surface area contributed by atoms with Gasteiger partial charge < -0.3 is 21.1 Å². The molecule has 30 heavy (non-hydrogen) atoms. The Morgan fingerprint density at radius 3 is 3.00 bits per heavy atom. The minimum absolute atomic E-state index is 0.175. The number of benzene rings is 1. The van der Waals surface area contributed by atoms with Crippen molar-refractivity contribution in [3.05, 3.63) is 58.8 Å². The van der Waals surface area contributed by atoms with Crippen molar-refractivity contribution in [3.63, 3.8) is 0 Å². The van der Waals surface area contributed by atoms with E-state index in [9.17, 15) is 9.90 Å². The van der Waals surface area contributed by atoms with Gasteiger partial charge in [-0.25, -0.2) is 4.98 Å². The lowest BCUT2D eigenvalue weighted by molar-refractivity contribution is 0.0841. The summed E-state index contributed by atoms with van der Waals surface area (Å²) >= 11 is 0. The van der Waals surface area contributed by atoms with Gasteiger partial charge in [0.05, 0.1) is 6.10 Å². The van der Waals surface area contributed by atoms with Crippen LogP contribution in [-0.2, 0) is 13.0 Å². The van der Waals surface area contributed by atoms with Crippen LogP contribution in [-0.4, -0.2) is 65.8 Å². The van der Waals surface area contributed by atoms with Crippen LogP contribution in [0.1, 0.15) is 33.5 Å². The van der Waals surface area contributed by atoms with Crippen molar-refractivity contribution in [2.75, 3.05) is 38.0 Å². The second-order valence-electron chi connectivity index (χ2n) is 8.34. The fourth-order valence-electron chi connectivity index (χ4n) is 4.21. The van der Waals surface area contributed by atoms with Crippen LogP contribution in [0.15, 0.2) is 36.5 Å². The van der Waals surface area contributed by atoms with Crippen molar-refractivity contribution in [1.29, 1.82) is 0 Å². The lowest BCUT2D eigenvalue weighted by Gasteiger charge is -2.30. The van der Waals surface area contributed by atoms with Gasteiger partial charge in [-0.2, -0.15) is 0 Å². The van der Waals surface area contributed by atoms with Crippen LogP contribution in [0.5, 0.6) is 0 Å². The normalized spacial score (nSPS) is 19.9. The number of carbonyl (C=O) groups excluding carboxylic acids is 1. The molecule has 1 saturated heterocycles. The molecule has 3 heterocycles. The first-order valence-electron chi connectivity index (χ1n) is 10.8. The number of aliphatic hydroxyl groups is 1. The van der Waals surface area contributed by atoms with Crippen LogP contribution in [0.2, 0.25) is 0 Å². The highest BCUT2D eigenvalue weighted by Gasteiger charge is 2.20. The third kappa shape index (κ3) is 5.16. The molecule has 1 amide bonds. The molecule has 2 aromatic rings. The Bertz CT molecular complexity index is 882. The summed E-state index contributed by atoms with van der Waals surface area (Å²) in [6.07, 6.45) is 3.16. The number of aromatic nitrogens is 1. The number of hydrogen-bond donors (Lipinski definition) is 4. The van der Waals surface area contributed by atoms with E-state index in [4.69, 9.17) is 0 Å². The highest BCUT2D eigenvalue weighted by molar-refractivity contribution is 5.96. The quantitative estimate of drug-likeness (QED) is 0.552. The molecule has 2 atom stereocenters.